The summed E-state index contributed by atoms with van der Waals surface area (Å²) in [5.41, 5.74) is 6.59. The lowest BCUT2D eigenvalue weighted by atomic mass is 10.1. The van der Waals surface area contributed by atoms with Crippen molar-refractivity contribution in [3.8, 4) is 0 Å². The first kappa shape index (κ1) is 14.9. The summed E-state index contributed by atoms with van der Waals surface area (Å²) in [6, 6.07) is 6.50. The van der Waals surface area contributed by atoms with Crippen LogP contribution in [0.4, 0.5) is 5.69 Å². The van der Waals surface area contributed by atoms with Crippen molar-refractivity contribution in [3.63, 3.8) is 0 Å². The molecule has 2 saturated heterocycles. The van der Waals surface area contributed by atoms with E-state index in [1.54, 1.807) is 0 Å². The quantitative estimate of drug-likeness (QED) is 0.764. The van der Waals surface area contributed by atoms with Crippen LogP contribution in [0.25, 0.3) is 0 Å². The molecular weight excluding hydrogens is 290 g/mol. The summed E-state index contributed by atoms with van der Waals surface area (Å²) >= 11 is 0. The van der Waals surface area contributed by atoms with Gasteiger partial charge in [0.1, 0.15) is 0 Å². The molecule has 124 valence electrons. The molecule has 0 bridgehead atoms. The fourth-order valence-electron chi connectivity index (χ4n) is 3.77. The number of hydrogen-bond donors (Lipinski definition) is 3. The molecule has 3 N–H and O–H groups in total. The molecule has 23 heavy (non-hydrogen) atoms. The van der Waals surface area contributed by atoms with E-state index in [0.29, 0.717) is 6.04 Å². The number of amides is 1. The maximum absolute atomic E-state index is 12.7. The van der Waals surface area contributed by atoms with E-state index in [4.69, 9.17) is 0 Å². The number of piperidine rings is 1. The van der Waals surface area contributed by atoms with Gasteiger partial charge in [0.05, 0.1) is 0 Å². The molecule has 6 heteroatoms. The summed E-state index contributed by atoms with van der Waals surface area (Å²) in [5.74, 6) is 0.197. The molecule has 3 aliphatic rings. The largest absolute Gasteiger partial charge is 0.330 e. The number of fused-ring (bicyclic) bond motifs is 1. The monoisotopic (exact) mass is 315 g/mol. The summed E-state index contributed by atoms with van der Waals surface area (Å²) < 4.78 is 0. The Balaban J connectivity index is 1.47. The van der Waals surface area contributed by atoms with Gasteiger partial charge in [0.15, 0.2) is 0 Å². The molecule has 4 rings (SSSR count). The van der Waals surface area contributed by atoms with Crippen LogP contribution in [0.5, 0.6) is 0 Å². The van der Waals surface area contributed by atoms with Crippen molar-refractivity contribution in [2.24, 2.45) is 0 Å². The van der Waals surface area contributed by atoms with Crippen LogP contribution in [0.2, 0.25) is 0 Å². The number of nitrogens with one attached hydrogen (secondary N) is 3. The van der Waals surface area contributed by atoms with Gasteiger partial charge >= 0.3 is 0 Å². The zero-order valence-corrected chi connectivity index (χ0v) is 13.5. The van der Waals surface area contributed by atoms with E-state index in [2.05, 4.69) is 27.1 Å². The summed E-state index contributed by atoms with van der Waals surface area (Å²) in [7, 11) is 0. The Kier molecular flexibility index (Phi) is 4.20. The number of hydrogen-bond acceptors (Lipinski definition) is 5. The van der Waals surface area contributed by atoms with Gasteiger partial charge in [-0.2, -0.15) is 0 Å². The van der Waals surface area contributed by atoms with Gasteiger partial charge in [-0.25, -0.2) is 5.01 Å². The molecule has 0 aliphatic carbocycles. The molecule has 3 heterocycles. The fraction of sp³-hybridized carbons (Fsp3) is 0.588. The van der Waals surface area contributed by atoms with Crippen LogP contribution in [0.3, 0.4) is 0 Å². The molecule has 1 aromatic carbocycles. The smallest absolute Gasteiger partial charge is 0.254 e. The molecule has 1 unspecified atom stereocenters. The van der Waals surface area contributed by atoms with Gasteiger partial charge in [0, 0.05) is 56.6 Å². The summed E-state index contributed by atoms with van der Waals surface area (Å²) in [4.78, 5) is 14.7. The van der Waals surface area contributed by atoms with E-state index >= 15 is 0 Å². The molecule has 1 atom stereocenters. The molecular formula is C17H25N5O. The van der Waals surface area contributed by atoms with Crippen molar-refractivity contribution >= 4 is 11.6 Å². The molecule has 2 fully saturated rings. The first-order valence-electron chi connectivity index (χ1n) is 8.68. The Morgan fingerprint density at radius 2 is 2.00 bits per heavy atom. The molecule has 1 amide bonds. The lowest BCUT2D eigenvalue weighted by Gasteiger charge is -2.31. The van der Waals surface area contributed by atoms with Crippen LogP contribution < -0.4 is 16.1 Å². The van der Waals surface area contributed by atoms with Gasteiger partial charge in [-0.3, -0.25) is 4.79 Å². The Morgan fingerprint density at radius 3 is 2.78 bits per heavy atom. The third-order valence-corrected chi connectivity index (χ3v) is 5.05. The summed E-state index contributed by atoms with van der Waals surface area (Å²) in [6.45, 7) is 6.76. The highest BCUT2D eigenvalue weighted by molar-refractivity contribution is 5.99. The van der Waals surface area contributed by atoms with Crippen LogP contribution in [0.1, 0.15) is 28.8 Å². The number of carbonyl (C=O) groups is 1. The second-order valence-electron chi connectivity index (χ2n) is 6.65. The van der Waals surface area contributed by atoms with Crippen molar-refractivity contribution in [1.82, 2.24) is 20.5 Å². The third kappa shape index (κ3) is 3.06. The number of nitrogens with zero attached hydrogens (tertiary/aromatic N) is 2. The van der Waals surface area contributed by atoms with Crippen LogP contribution >= 0.6 is 0 Å². The van der Waals surface area contributed by atoms with Crippen molar-refractivity contribution in [2.75, 3.05) is 44.7 Å². The SMILES string of the molecule is O=C1c2ccc(NN3CCNCC3)cc2CN1C1CCCNC1. The molecule has 0 aromatic heterocycles. The highest BCUT2D eigenvalue weighted by atomic mass is 16.2. The Bertz CT molecular complexity index is 578. The molecule has 3 aliphatic heterocycles. The van der Waals surface area contributed by atoms with Crippen molar-refractivity contribution in [3.05, 3.63) is 29.3 Å². The topological polar surface area (TPSA) is 59.6 Å². The first-order chi connectivity index (χ1) is 11.3. The second kappa shape index (κ2) is 6.47. The van der Waals surface area contributed by atoms with E-state index in [-0.39, 0.29) is 5.91 Å². The zero-order valence-electron chi connectivity index (χ0n) is 13.5. The van der Waals surface area contributed by atoms with Crippen LogP contribution in [-0.2, 0) is 6.54 Å². The molecule has 0 saturated carbocycles. The lowest BCUT2D eigenvalue weighted by molar-refractivity contribution is 0.0674. The highest BCUT2D eigenvalue weighted by Crippen LogP contribution is 2.29. The number of rotatable bonds is 3. The lowest BCUT2D eigenvalue weighted by Crippen LogP contribution is -2.46. The number of hydrazine groups is 1. The van der Waals surface area contributed by atoms with E-state index in [1.807, 2.05) is 17.0 Å². The van der Waals surface area contributed by atoms with E-state index in [9.17, 15) is 4.79 Å². The molecule has 1 aromatic rings. The number of carbonyl (C=O) groups excluding carboxylic acids is 1. The second-order valence-corrected chi connectivity index (χ2v) is 6.65. The summed E-state index contributed by atoms with van der Waals surface area (Å²) in [6.07, 6.45) is 2.26. The number of benzene rings is 1. The van der Waals surface area contributed by atoms with Gasteiger partial charge in [-0.1, -0.05) is 0 Å². The number of piperazine rings is 1. The van der Waals surface area contributed by atoms with E-state index in [1.165, 1.54) is 0 Å². The predicted octanol–water partition coefficient (Wildman–Crippen LogP) is 0.626. The van der Waals surface area contributed by atoms with Gasteiger partial charge in [-0.05, 0) is 43.1 Å². The number of anilines is 1. The van der Waals surface area contributed by atoms with Crippen LogP contribution in [0.15, 0.2) is 18.2 Å². The van der Waals surface area contributed by atoms with Crippen molar-refractivity contribution < 1.29 is 4.79 Å². The normalized spacial score (nSPS) is 25.5. The Hall–Kier alpha value is -1.63. The molecule has 6 nitrogen and oxygen atoms in total. The zero-order chi connectivity index (χ0) is 15.6. The van der Waals surface area contributed by atoms with Crippen LogP contribution in [-0.4, -0.2) is 61.1 Å². The van der Waals surface area contributed by atoms with Gasteiger partial charge in [-0.15, -0.1) is 0 Å². The minimum Gasteiger partial charge on any atom is -0.330 e. The standard InChI is InChI=1S/C17H25N5O/c23-17-16-4-3-14(20-21-8-6-18-7-9-21)10-13(16)12-22(17)15-2-1-5-19-11-15/h3-4,10,15,18-20H,1-2,5-9,11-12H2. The van der Waals surface area contributed by atoms with Crippen LogP contribution in [0, 0.1) is 0 Å². The maximum Gasteiger partial charge on any atom is 0.254 e. The minimum atomic E-state index is 0.197. The van der Waals surface area contributed by atoms with Crippen molar-refractivity contribution in [1.29, 1.82) is 0 Å². The molecule has 0 spiro atoms. The minimum absolute atomic E-state index is 0.197. The van der Waals surface area contributed by atoms with Gasteiger partial charge in [0.25, 0.3) is 5.91 Å². The molecule has 0 radical (unpaired) electrons. The highest BCUT2D eigenvalue weighted by Gasteiger charge is 2.33. The van der Waals surface area contributed by atoms with Gasteiger partial charge in [0.2, 0.25) is 0 Å². The summed E-state index contributed by atoms with van der Waals surface area (Å²) in [5, 5.41) is 8.99. The third-order valence-electron chi connectivity index (χ3n) is 5.05. The Morgan fingerprint density at radius 1 is 1.13 bits per heavy atom. The Labute approximate surface area is 137 Å². The first-order valence-corrected chi connectivity index (χ1v) is 8.68. The van der Waals surface area contributed by atoms with Crippen molar-refractivity contribution in [2.45, 2.75) is 25.4 Å². The maximum atomic E-state index is 12.7. The van der Waals surface area contributed by atoms with E-state index in [0.717, 1.165) is 75.5 Å². The van der Waals surface area contributed by atoms with E-state index < -0.39 is 0 Å². The fourth-order valence-corrected chi connectivity index (χ4v) is 3.77. The predicted molar refractivity (Wildman–Crippen MR) is 90.3 cm³/mol. The van der Waals surface area contributed by atoms with Gasteiger partial charge < -0.3 is 21.0 Å². The average molecular weight is 315 g/mol. The average Bonchev–Trinajstić information content (AvgIpc) is 2.93.